The summed E-state index contributed by atoms with van der Waals surface area (Å²) in [7, 11) is 0. The van der Waals surface area contributed by atoms with E-state index in [-0.39, 0.29) is 16.5 Å². The summed E-state index contributed by atoms with van der Waals surface area (Å²) in [5.74, 6) is -0.386. The molecule has 1 amide bonds. The highest BCUT2D eigenvalue weighted by Crippen LogP contribution is 2.45. The van der Waals surface area contributed by atoms with Gasteiger partial charge in [-0.3, -0.25) is 14.5 Å². The third-order valence-corrected chi connectivity index (χ3v) is 9.30. The van der Waals surface area contributed by atoms with Crippen LogP contribution in [0.1, 0.15) is 22.7 Å². The van der Waals surface area contributed by atoms with Crippen LogP contribution in [-0.2, 0) is 15.3 Å². The van der Waals surface area contributed by atoms with Gasteiger partial charge in [-0.05, 0) is 47.5 Å². The number of rotatable bonds is 6. The minimum atomic E-state index is -0.930. The summed E-state index contributed by atoms with van der Waals surface area (Å²) in [6.07, 6.45) is 0. The summed E-state index contributed by atoms with van der Waals surface area (Å²) in [5, 5.41) is 20.8. The molecular weight excluding hydrogens is 638 g/mol. The lowest BCUT2D eigenvalue weighted by Gasteiger charge is -2.23. The Balaban J connectivity index is 1.39. The normalized spacial score (nSPS) is 17.9. The molecule has 0 bridgehead atoms. The van der Waals surface area contributed by atoms with Crippen molar-refractivity contribution in [2.45, 2.75) is 16.1 Å². The number of halogens is 2. The third kappa shape index (κ3) is 5.10. The van der Waals surface area contributed by atoms with Gasteiger partial charge in [-0.15, -0.1) is 10.2 Å². The van der Waals surface area contributed by atoms with Crippen LogP contribution in [0, 0.1) is 0 Å². The minimum absolute atomic E-state index is 0.0553. The maximum atomic E-state index is 13.5. The van der Waals surface area contributed by atoms with E-state index in [0.717, 1.165) is 10.0 Å². The smallest absolute Gasteiger partial charge is 0.301 e. The Kier molecular flexibility index (Phi) is 7.54. The number of aliphatic hydroxyl groups excluding tert-OH is 1. The molecule has 12 heteroatoms. The molecule has 2 aliphatic rings. The summed E-state index contributed by atoms with van der Waals surface area (Å²) in [5.41, 5.74) is 1.84. The molecule has 1 saturated heterocycles. The topological polar surface area (TPSA) is 102 Å². The number of ketones is 1. The number of nitrogens with zero attached hydrogens (tertiary/aromatic N) is 3. The SMILES string of the molecule is O=C1C(=O)N(c2nnc(SCc3ccccc3Cl)s2)C(c2cccc(Br)c2)/C1=C(\O)c1ccc2c(c1)OCCO2. The van der Waals surface area contributed by atoms with Crippen LogP contribution in [0.15, 0.2) is 81.1 Å². The zero-order valence-electron chi connectivity index (χ0n) is 20.5. The Labute approximate surface area is 250 Å². The standard InChI is InChI=1S/C28H19BrClN3O5S2/c29-18-6-3-5-15(12-18)23-22(24(34)16-8-9-20-21(13-16)38-11-10-37-20)25(35)26(36)33(23)27-31-32-28(40-27)39-14-17-4-1-2-7-19(17)30/h1-9,12-13,23,34H,10-11,14H2/b24-22+. The number of aliphatic hydroxyl groups is 1. The van der Waals surface area contributed by atoms with Crippen LogP contribution < -0.4 is 14.4 Å². The van der Waals surface area contributed by atoms with Crippen molar-refractivity contribution >= 4 is 73.2 Å². The highest BCUT2D eigenvalue weighted by atomic mass is 79.9. The molecule has 1 unspecified atom stereocenters. The van der Waals surface area contributed by atoms with E-state index in [2.05, 4.69) is 26.1 Å². The molecule has 8 nitrogen and oxygen atoms in total. The lowest BCUT2D eigenvalue weighted by atomic mass is 9.95. The van der Waals surface area contributed by atoms with Gasteiger partial charge in [-0.1, -0.05) is 81.0 Å². The van der Waals surface area contributed by atoms with E-state index >= 15 is 0 Å². The zero-order valence-corrected chi connectivity index (χ0v) is 24.5. The molecule has 202 valence electrons. The van der Waals surface area contributed by atoms with Gasteiger partial charge in [0, 0.05) is 20.8 Å². The van der Waals surface area contributed by atoms with Gasteiger partial charge in [0.1, 0.15) is 19.0 Å². The molecule has 6 rings (SSSR count). The largest absolute Gasteiger partial charge is 0.507 e. The van der Waals surface area contributed by atoms with Crippen molar-refractivity contribution in [2.24, 2.45) is 0 Å². The molecule has 1 fully saturated rings. The Morgan fingerprint density at radius 3 is 2.65 bits per heavy atom. The van der Waals surface area contributed by atoms with Crippen molar-refractivity contribution in [3.05, 3.63) is 98.5 Å². The van der Waals surface area contributed by atoms with Crippen molar-refractivity contribution < 1.29 is 24.2 Å². The van der Waals surface area contributed by atoms with Crippen LogP contribution in [0.25, 0.3) is 5.76 Å². The van der Waals surface area contributed by atoms with E-state index in [1.54, 1.807) is 36.4 Å². The molecule has 1 aromatic heterocycles. The lowest BCUT2D eigenvalue weighted by molar-refractivity contribution is -0.132. The molecule has 3 heterocycles. The lowest BCUT2D eigenvalue weighted by Crippen LogP contribution is -2.29. The predicted molar refractivity (Wildman–Crippen MR) is 157 cm³/mol. The van der Waals surface area contributed by atoms with E-state index in [4.69, 9.17) is 21.1 Å². The molecule has 0 spiro atoms. The number of amides is 1. The monoisotopic (exact) mass is 655 g/mol. The van der Waals surface area contributed by atoms with E-state index in [0.29, 0.717) is 51.0 Å². The third-order valence-electron chi connectivity index (χ3n) is 6.34. The van der Waals surface area contributed by atoms with E-state index in [9.17, 15) is 14.7 Å². The van der Waals surface area contributed by atoms with Crippen LogP contribution in [-0.4, -0.2) is 40.2 Å². The number of hydrogen-bond acceptors (Lipinski definition) is 9. The van der Waals surface area contributed by atoms with Crippen molar-refractivity contribution in [2.75, 3.05) is 18.1 Å². The van der Waals surface area contributed by atoms with Crippen molar-refractivity contribution in [1.82, 2.24) is 10.2 Å². The first-order valence-electron chi connectivity index (χ1n) is 12.1. The Morgan fingerprint density at radius 1 is 1.05 bits per heavy atom. The number of carbonyl (C=O) groups is 2. The van der Waals surface area contributed by atoms with Crippen LogP contribution in [0.2, 0.25) is 5.02 Å². The number of carbonyl (C=O) groups excluding carboxylic acids is 2. The van der Waals surface area contributed by atoms with Crippen LogP contribution >= 0.6 is 50.6 Å². The number of hydrogen-bond donors (Lipinski definition) is 1. The van der Waals surface area contributed by atoms with E-state index in [1.165, 1.54) is 28.0 Å². The summed E-state index contributed by atoms with van der Waals surface area (Å²) < 4.78 is 12.6. The molecule has 4 aromatic rings. The maximum Gasteiger partial charge on any atom is 0.301 e. The number of anilines is 1. The molecule has 40 heavy (non-hydrogen) atoms. The molecule has 1 atom stereocenters. The van der Waals surface area contributed by atoms with Crippen LogP contribution in [0.3, 0.4) is 0 Å². The number of benzene rings is 3. The minimum Gasteiger partial charge on any atom is -0.507 e. The second-order valence-electron chi connectivity index (χ2n) is 8.81. The maximum absolute atomic E-state index is 13.5. The molecular formula is C28H19BrClN3O5S2. The second kappa shape index (κ2) is 11.2. The summed E-state index contributed by atoms with van der Waals surface area (Å²) in [6.45, 7) is 0.792. The number of fused-ring (bicyclic) bond motifs is 1. The zero-order chi connectivity index (χ0) is 27.8. The quantitative estimate of drug-likeness (QED) is 0.0810. The first-order valence-corrected chi connectivity index (χ1v) is 15.0. The second-order valence-corrected chi connectivity index (χ2v) is 12.3. The summed E-state index contributed by atoms with van der Waals surface area (Å²) in [4.78, 5) is 28.2. The first-order chi connectivity index (χ1) is 19.4. The predicted octanol–water partition coefficient (Wildman–Crippen LogP) is 6.64. The molecule has 0 radical (unpaired) electrons. The van der Waals surface area contributed by atoms with Gasteiger partial charge < -0.3 is 14.6 Å². The average Bonchev–Trinajstić information content (AvgIpc) is 3.54. The molecule has 3 aromatic carbocycles. The van der Waals surface area contributed by atoms with Crippen molar-refractivity contribution in [1.29, 1.82) is 0 Å². The van der Waals surface area contributed by atoms with Crippen LogP contribution in [0.4, 0.5) is 5.13 Å². The molecule has 2 aliphatic heterocycles. The van der Waals surface area contributed by atoms with Crippen LogP contribution in [0.5, 0.6) is 11.5 Å². The number of thioether (sulfide) groups is 1. The average molecular weight is 657 g/mol. The fraction of sp³-hybridized carbons (Fsp3) is 0.143. The summed E-state index contributed by atoms with van der Waals surface area (Å²) >= 11 is 12.4. The molecule has 0 saturated carbocycles. The fourth-order valence-corrected chi connectivity index (χ4v) is 7.05. The Bertz CT molecular complexity index is 1680. The highest BCUT2D eigenvalue weighted by Gasteiger charge is 2.48. The van der Waals surface area contributed by atoms with Crippen molar-refractivity contribution in [3.63, 3.8) is 0 Å². The highest BCUT2D eigenvalue weighted by molar-refractivity contribution is 9.10. The van der Waals surface area contributed by atoms with Gasteiger partial charge in [0.05, 0.1) is 11.6 Å². The van der Waals surface area contributed by atoms with Gasteiger partial charge in [0.2, 0.25) is 5.13 Å². The number of ether oxygens (including phenoxy) is 2. The van der Waals surface area contributed by atoms with Crippen molar-refractivity contribution in [3.8, 4) is 11.5 Å². The first kappa shape index (κ1) is 26.8. The van der Waals surface area contributed by atoms with Gasteiger partial charge in [-0.25, -0.2) is 0 Å². The van der Waals surface area contributed by atoms with Gasteiger partial charge >= 0.3 is 5.91 Å². The van der Waals surface area contributed by atoms with E-state index in [1.807, 2.05) is 30.3 Å². The Hall–Kier alpha value is -3.38. The Morgan fingerprint density at radius 2 is 1.85 bits per heavy atom. The molecule has 0 aliphatic carbocycles. The fourth-order valence-electron chi connectivity index (χ4n) is 4.48. The van der Waals surface area contributed by atoms with Gasteiger partial charge in [0.15, 0.2) is 15.8 Å². The summed E-state index contributed by atoms with van der Waals surface area (Å²) in [6, 6.07) is 18.7. The van der Waals surface area contributed by atoms with E-state index < -0.39 is 17.7 Å². The molecule has 1 N–H and O–H groups in total. The number of Topliss-reactive ketones (excluding diaryl/α,β-unsaturated/α-hetero) is 1. The van der Waals surface area contributed by atoms with Gasteiger partial charge in [-0.2, -0.15) is 0 Å². The van der Waals surface area contributed by atoms with Gasteiger partial charge in [0.25, 0.3) is 5.78 Å². The number of aromatic nitrogens is 2.